The Morgan fingerprint density at radius 2 is 2.00 bits per heavy atom. The van der Waals surface area contributed by atoms with Gasteiger partial charge in [-0.3, -0.25) is 0 Å². The molecule has 0 aromatic rings. The fourth-order valence-electron chi connectivity index (χ4n) is 1.44. The molecule has 0 amide bonds. The number of rotatable bonds is 5. The molecule has 1 aliphatic heterocycles. The average Bonchev–Trinajstić information content (AvgIpc) is 2.65. The molecule has 72 valence electrons. The van der Waals surface area contributed by atoms with Crippen molar-refractivity contribution in [3.8, 4) is 0 Å². The summed E-state index contributed by atoms with van der Waals surface area (Å²) in [7, 11) is 0. The van der Waals surface area contributed by atoms with Gasteiger partial charge in [0.25, 0.3) is 0 Å². The molecule has 1 fully saturated rings. The molecule has 0 saturated carbocycles. The van der Waals surface area contributed by atoms with E-state index in [9.17, 15) is 0 Å². The van der Waals surface area contributed by atoms with E-state index >= 15 is 0 Å². The first-order valence-electron chi connectivity index (χ1n) is 4.91. The van der Waals surface area contributed by atoms with Crippen molar-refractivity contribution in [2.24, 2.45) is 0 Å². The van der Waals surface area contributed by atoms with Gasteiger partial charge in [-0.05, 0) is 0 Å². The zero-order chi connectivity index (χ0) is 9.52. The number of nitrogens with zero attached hydrogens (tertiary/aromatic N) is 1. The van der Waals surface area contributed by atoms with Crippen LogP contribution in [0.3, 0.4) is 0 Å². The van der Waals surface area contributed by atoms with Crippen molar-refractivity contribution in [3.63, 3.8) is 0 Å². The van der Waals surface area contributed by atoms with Gasteiger partial charge in [-0.15, -0.1) is 0 Å². The van der Waals surface area contributed by atoms with E-state index in [1.807, 2.05) is 6.08 Å². The van der Waals surface area contributed by atoms with E-state index in [-0.39, 0.29) is 0 Å². The topological polar surface area (TPSA) is 3.24 Å². The number of allylic oxidation sites excluding steroid dienone is 2. The van der Waals surface area contributed by atoms with Crippen molar-refractivity contribution in [2.75, 3.05) is 13.1 Å². The van der Waals surface area contributed by atoms with E-state index in [2.05, 4.69) is 39.5 Å². The van der Waals surface area contributed by atoms with Crippen LogP contribution in [0.5, 0.6) is 0 Å². The van der Waals surface area contributed by atoms with Crippen LogP contribution >= 0.6 is 0 Å². The van der Waals surface area contributed by atoms with Crippen molar-refractivity contribution in [1.29, 1.82) is 0 Å². The molecule has 2 heteroatoms. The second kappa shape index (κ2) is 6.32. The Morgan fingerprint density at radius 3 is 2.62 bits per heavy atom. The third-order valence-corrected chi connectivity index (χ3v) is 2.83. The average molecular weight is 215 g/mol. The van der Waals surface area contributed by atoms with Gasteiger partial charge < -0.3 is 0 Å². The molecule has 1 rings (SSSR count). The fourth-order valence-corrected chi connectivity index (χ4v) is 1.88. The van der Waals surface area contributed by atoms with Crippen molar-refractivity contribution in [2.45, 2.75) is 25.7 Å². The van der Waals surface area contributed by atoms with Crippen molar-refractivity contribution < 1.29 is 15.9 Å². The summed E-state index contributed by atoms with van der Waals surface area (Å²) in [6, 6.07) is 0. The van der Waals surface area contributed by atoms with Gasteiger partial charge in [0.1, 0.15) is 0 Å². The first-order chi connectivity index (χ1) is 6.34. The summed E-state index contributed by atoms with van der Waals surface area (Å²) in [6.45, 7) is 6.13. The van der Waals surface area contributed by atoms with Gasteiger partial charge in [-0.2, -0.15) is 0 Å². The van der Waals surface area contributed by atoms with E-state index in [0.717, 1.165) is 12.8 Å². The molecule has 0 aromatic heterocycles. The molecule has 0 radical (unpaired) electrons. The number of likely N-dealkylation sites (tertiary alicyclic amines) is 1. The molecule has 1 heterocycles. The maximum absolute atomic E-state index is 3.70. The Morgan fingerprint density at radius 1 is 1.31 bits per heavy atom. The van der Waals surface area contributed by atoms with E-state index in [1.54, 1.807) is 0 Å². The maximum atomic E-state index is 3.70. The minimum absolute atomic E-state index is 1.07. The Hall–Kier alpha value is -0.158. The van der Waals surface area contributed by atoms with Crippen LogP contribution in [0.4, 0.5) is 0 Å². The van der Waals surface area contributed by atoms with Crippen LogP contribution in [0.25, 0.3) is 0 Å². The first-order valence-corrected chi connectivity index (χ1v) is 5.54. The standard InChI is InChI=1S/C11H17N.Cr/c1-2-3-4-5-6-9-12-10-7-8-11-12;/h2,5-6H,1,3-4,7-8,10-11H2;/b6-5+;. The molecular weight excluding hydrogens is 198 g/mol. The number of unbranched alkanes of at least 4 members (excludes halogenated alkanes) is 1. The summed E-state index contributed by atoms with van der Waals surface area (Å²) in [6.07, 6.45) is 11.2. The van der Waals surface area contributed by atoms with Crippen LogP contribution in [0.2, 0.25) is 0 Å². The van der Waals surface area contributed by atoms with Crippen LogP contribution in [0.15, 0.2) is 24.8 Å². The summed E-state index contributed by atoms with van der Waals surface area (Å²) in [4.78, 5) is 2.41. The predicted octanol–water partition coefficient (Wildman–Crippen LogP) is 2.28. The summed E-state index contributed by atoms with van der Waals surface area (Å²) in [5.74, 6) is 0. The van der Waals surface area contributed by atoms with E-state index in [4.69, 9.17) is 0 Å². The molecule has 0 bridgehead atoms. The first kappa shape index (κ1) is 10.9. The van der Waals surface area contributed by atoms with Gasteiger partial charge >= 0.3 is 88.8 Å². The Balaban J connectivity index is 2.22. The second-order valence-corrected chi connectivity index (χ2v) is 3.95. The van der Waals surface area contributed by atoms with Crippen LogP contribution in [0, 0.1) is 0 Å². The van der Waals surface area contributed by atoms with Gasteiger partial charge in [0.2, 0.25) is 0 Å². The van der Waals surface area contributed by atoms with Gasteiger partial charge in [0, 0.05) is 0 Å². The predicted molar refractivity (Wildman–Crippen MR) is 54.4 cm³/mol. The van der Waals surface area contributed by atoms with Crippen molar-refractivity contribution in [3.05, 3.63) is 24.8 Å². The van der Waals surface area contributed by atoms with Crippen LogP contribution < -0.4 is 0 Å². The SMILES string of the molecule is C=CCC/C=C/[C](=[Cr])N1CCCC1. The zero-order valence-corrected chi connectivity index (χ0v) is 9.31. The zero-order valence-electron chi connectivity index (χ0n) is 8.04. The summed E-state index contributed by atoms with van der Waals surface area (Å²) >= 11 is 3.13. The molecule has 0 aliphatic carbocycles. The van der Waals surface area contributed by atoms with Gasteiger partial charge in [0.05, 0.1) is 0 Å². The van der Waals surface area contributed by atoms with Crippen molar-refractivity contribution in [1.82, 2.24) is 4.90 Å². The summed E-state index contributed by atoms with van der Waals surface area (Å²) in [5, 5.41) is 0. The number of hydrogen-bond acceptors (Lipinski definition) is 1. The third kappa shape index (κ3) is 4.04. The van der Waals surface area contributed by atoms with Crippen LogP contribution in [-0.2, 0) is 15.9 Å². The Bertz CT molecular complexity index is 202. The normalized spacial score (nSPS) is 18.2. The van der Waals surface area contributed by atoms with E-state index < -0.39 is 0 Å². The third-order valence-electron chi connectivity index (χ3n) is 2.22. The van der Waals surface area contributed by atoms with E-state index in [1.165, 1.54) is 30.4 Å². The summed E-state index contributed by atoms with van der Waals surface area (Å²) in [5.41, 5.74) is 0. The van der Waals surface area contributed by atoms with E-state index in [0.29, 0.717) is 0 Å². The molecule has 1 saturated heterocycles. The minimum atomic E-state index is 1.07. The molecule has 0 spiro atoms. The van der Waals surface area contributed by atoms with Gasteiger partial charge in [-0.25, -0.2) is 0 Å². The van der Waals surface area contributed by atoms with Crippen LogP contribution in [0.1, 0.15) is 25.7 Å². The van der Waals surface area contributed by atoms with Crippen LogP contribution in [-0.4, -0.2) is 22.5 Å². The van der Waals surface area contributed by atoms with Gasteiger partial charge in [-0.1, -0.05) is 0 Å². The molecule has 0 aromatic carbocycles. The fraction of sp³-hybridized carbons (Fsp3) is 0.545. The molecular formula is C11H17CrN. The Kier molecular flexibility index (Phi) is 5.31. The quantitative estimate of drug-likeness (QED) is 0.502. The molecule has 1 nitrogen and oxygen atoms in total. The molecule has 13 heavy (non-hydrogen) atoms. The molecule has 1 aliphatic rings. The Labute approximate surface area is 89.1 Å². The van der Waals surface area contributed by atoms with Gasteiger partial charge in [0.15, 0.2) is 0 Å². The van der Waals surface area contributed by atoms with Crippen molar-refractivity contribution >= 4 is 4.50 Å². The second-order valence-electron chi connectivity index (χ2n) is 3.30. The summed E-state index contributed by atoms with van der Waals surface area (Å²) < 4.78 is 1.29. The number of hydrogen-bond donors (Lipinski definition) is 0. The molecule has 0 atom stereocenters. The molecule has 0 N–H and O–H groups in total. The molecule has 0 unspecified atom stereocenters. The monoisotopic (exact) mass is 215 g/mol.